The number of carbonyl (C=O) groups excluding carboxylic acids is 2. The molecule has 0 saturated heterocycles. The van der Waals surface area contributed by atoms with Crippen molar-refractivity contribution < 1.29 is 19.1 Å². The first-order chi connectivity index (χ1) is 12.2. The molecule has 7 heteroatoms. The van der Waals surface area contributed by atoms with E-state index in [1.165, 1.54) is 0 Å². The molecule has 130 valence electrons. The largest absolute Gasteiger partial charge is 0.485 e. The van der Waals surface area contributed by atoms with Gasteiger partial charge in [-0.05, 0) is 30.0 Å². The topological polar surface area (TPSA) is 76.7 Å². The Labute approximate surface area is 149 Å². The van der Waals surface area contributed by atoms with Crippen LogP contribution in [-0.2, 0) is 4.79 Å². The van der Waals surface area contributed by atoms with E-state index in [0.717, 1.165) is 10.6 Å². The maximum Gasteiger partial charge on any atom is 0.283 e. The standard InChI is InChI=1S/C18H18N2O4S/c1-2-25-16-10-6-3-7-12(16)17(21)19-20-18(22)15-11-23-13-8-4-5-9-14(13)24-15/h3-10,15H,2,11H2,1H3,(H,19,21)(H,20,22). The van der Waals surface area contributed by atoms with Crippen molar-refractivity contribution in [2.45, 2.75) is 17.9 Å². The van der Waals surface area contributed by atoms with Crippen molar-refractivity contribution in [1.82, 2.24) is 10.9 Å². The number of hydrogen-bond acceptors (Lipinski definition) is 5. The van der Waals surface area contributed by atoms with E-state index in [-0.39, 0.29) is 12.5 Å². The first-order valence-corrected chi connectivity index (χ1v) is 8.88. The number of thioether (sulfide) groups is 1. The van der Waals surface area contributed by atoms with Crippen LogP contribution < -0.4 is 20.3 Å². The normalized spacial score (nSPS) is 15.3. The summed E-state index contributed by atoms with van der Waals surface area (Å²) in [5.74, 6) is 1.11. The first-order valence-electron chi connectivity index (χ1n) is 7.89. The minimum absolute atomic E-state index is 0.0843. The molecule has 1 unspecified atom stereocenters. The van der Waals surface area contributed by atoms with Gasteiger partial charge in [-0.15, -0.1) is 11.8 Å². The van der Waals surface area contributed by atoms with E-state index < -0.39 is 12.0 Å². The SMILES string of the molecule is CCSc1ccccc1C(=O)NNC(=O)C1COc2ccccc2O1. The number of ether oxygens (including phenoxy) is 2. The highest BCUT2D eigenvalue weighted by atomic mass is 32.2. The molecule has 6 nitrogen and oxygen atoms in total. The maximum absolute atomic E-state index is 12.3. The van der Waals surface area contributed by atoms with Crippen molar-refractivity contribution in [3.8, 4) is 11.5 Å². The smallest absolute Gasteiger partial charge is 0.283 e. The summed E-state index contributed by atoms with van der Waals surface area (Å²) < 4.78 is 11.1. The highest BCUT2D eigenvalue weighted by Gasteiger charge is 2.27. The van der Waals surface area contributed by atoms with Crippen molar-refractivity contribution in [3.63, 3.8) is 0 Å². The molecular weight excluding hydrogens is 340 g/mol. The van der Waals surface area contributed by atoms with Crippen molar-refractivity contribution >= 4 is 23.6 Å². The van der Waals surface area contributed by atoms with Crippen LogP contribution in [0.5, 0.6) is 11.5 Å². The quantitative estimate of drug-likeness (QED) is 0.648. The Bertz CT molecular complexity index is 781. The second-order valence-electron chi connectivity index (χ2n) is 5.24. The molecule has 1 atom stereocenters. The van der Waals surface area contributed by atoms with Crippen molar-refractivity contribution in [2.75, 3.05) is 12.4 Å². The van der Waals surface area contributed by atoms with Gasteiger partial charge in [0.1, 0.15) is 6.61 Å². The van der Waals surface area contributed by atoms with Crippen LogP contribution in [0.25, 0.3) is 0 Å². The summed E-state index contributed by atoms with van der Waals surface area (Å²) in [4.78, 5) is 25.4. The maximum atomic E-state index is 12.3. The Morgan fingerprint density at radius 2 is 1.80 bits per heavy atom. The van der Waals surface area contributed by atoms with E-state index in [1.54, 1.807) is 42.1 Å². The fourth-order valence-corrected chi connectivity index (χ4v) is 3.15. The molecule has 2 amide bonds. The predicted octanol–water partition coefficient (Wildman–Crippen LogP) is 2.40. The van der Waals surface area contributed by atoms with Crippen molar-refractivity contribution in [1.29, 1.82) is 0 Å². The second kappa shape index (κ2) is 7.94. The average molecular weight is 358 g/mol. The van der Waals surface area contributed by atoms with Gasteiger partial charge in [-0.1, -0.05) is 31.2 Å². The summed E-state index contributed by atoms with van der Waals surface area (Å²) in [5, 5.41) is 0. The minimum atomic E-state index is -0.824. The molecule has 0 spiro atoms. The van der Waals surface area contributed by atoms with Crippen molar-refractivity contribution in [2.24, 2.45) is 0 Å². The Kier molecular flexibility index (Phi) is 5.45. The first kappa shape index (κ1) is 17.2. The summed E-state index contributed by atoms with van der Waals surface area (Å²) in [6, 6.07) is 14.4. The lowest BCUT2D eigenvalue weighted by molar-refractivity contribution is -0.131. The molecule has 0 aromatic heterocycles. The number of hydrogen-bond donors (Lipinski definition) is 2. The van der Waals surface area contributed by atoms with Gasteiger partial charge in [0.05, 0.1) is 5.56 Å². The van der Waals surface area contributed by atoms with Crippen LogP contribution in [0.4, 0.5) is 0 Å². The molecule has 2 N–H and O–H groups in total. The predicted molar refractivity (Wildman–Crippen MR) is 94.8 cm³/mol. The number of amides is 2. The van der Waals surface area contributed by atoms with Gasteiger partial charge in [0, 0.05) is 4.90 Å². The number of fused-ring (bicyclic) bond motifs is 1. The number of carbonyl (C=O) groups is 2. The van der Waals surface area contributed by atoms with E-state index in [9.17, 15) is 9.59 Å². The third-order valence-corrected chi connectivity index (χ3v) is 4.49. The molecular formula is C18H18N2O4S. The van der Waals surface area contributed by atoms with Gasteiger partial charge in [0.15, 0.2) is 11.5 Å². The van der Waals surface area contributed by atoms with Gasteiger partial charge in [-0.2, -0.15) is 0 Å². The summed E-state index contributed by atoms with van der Waals surface area (Å²) in [7, 11) is 0. The fourth-order valence-electron chi connectivity index (χ4n) is 2.35. The van der Waals surface area contributed by atoms with Crippen molar-refractivity contribution in [3.05, 3.63) is 54.1 Å². The highest BCUT2D eigenvalue weighted by molar-refractivity contribution is 7.99. The van der Waals surface area contributed by atoms with E-state index in [1.807, 2.05) is 25.1 Å². The molecule has 1 aliphatic rings. The molecule has 1 heterocycles. The number of hydrazine groups is 1. The summed E-state index contributed by atoms with van der Waals surface area (Å²) in [6.07, 6.45) is -0.824. The Morgan fingerprint density at radius 1 is 1.08 bits per heavy atom. The number of para-hydroxylation sites is 2. The van der Waals surface area contributed by atoms with Gasteiger partial charge in [-0.25, -0.2) is 0 Å². The lowest BCUT2D eigenvalue weighted by Crippen LogP contribution is -2.50. The monoisotopic (exact) mass is 358 g/mol. The second-order valence-corrected chi connectivity index (χ2v) is 6.54. The number of rotatable bonds is 4. The summed E-state index contributed by atoms with van der Waals surface area (Å²) in [6.45, 7) is 2.10. The van der Waals surface area contributed by atoms with Crippen LogP contribution in [0, 0.1) is 0 Å². The van der Waals surface area contributed by atoms with E-state index in [4.69, 9.17) is 9.47 Å². The average Bonchev–Trinajstić information content (AvgIpc) is 2.66. The Morgan fingerprint density at radius 3 is 2.60 bits per heavy atom. The Hall–Kier alpha value is -2.67. The zero-order valence-corrected chi connectivity index (χ0v) is 14.5. The Balaban J connectivity index is 1.59. The molecule has 2 aromatic carbocycles. The lowest BCUT2D eigenvalue weighted by Gasteiger charge is -2.25. The van der Waals surface area contributed by atoms with Gasteiger partial charge in [0.25, 0.3) is 11.8 Å². The summed E-state index contributed by atoms with van der Waals surface area (Å²) in [5.41, 5.74) is 5.34. The van der Waals surface area contributed by atoms with Crippen LogP contribution in [-0.4, -0.2) is 30.3 Å². The fraction of sp³-hybridized carbons (Fsp3) is 0.222. The zero-order valence-electron chi connectivity index (χ0n) is 13.7. The highest BCUT2D eigenvalue weighted by Crippen LogP contribution is 2.30. The molecule has 0 bridgehead atoms. The van der Waals surface area contributed by atoms with Gasteiger partial charge in [0.2, 0.25) is 6.10 Å². The van der Waals surface area contributed by atoms with Crippen LogP contribution in [0.2, 0.25) is 0 Å². The molecule has 0 saturated carbocycles. The molecule has 1 aliphatic heterocycles. The van der Waals surface area contributed by atoms with Crippen LogP contribution >= 0.6 is 11.8 Å². The van der Waals surface area contributed by atoms with E-state index in [0.29, 0.717) is 17.1 Å². The van der Waals surface area contributed by atoms with E-state index in [2.05, 4.69) is 10.9 Å². The molecule has 3 rings (SSSR count). The summed E-state index contributed by atoms with van der Waals surface area (Å²) >= 11 is 1.57. The van der Waals surface area contributed by atoms with Crippen LogP contribution in [0.1, 0.15) is 17.3 Å². The third-order valence-electron chi connectivity index (χ3n) is 3.53. The third kappa shape index (κ3) is 4.06. The molecule has 0 radical (unpaired) electrons. The zero-order chi connectivity index (χ0) is 17.6. The molecule has 2 aromatic rings. The van der Waals surface area contributed by atoms with E-state index >= 15 is 0 Å². The lowest BCUT2D eigenvalue weighted by atomic mass is 10.2. The van der Waals surface area contributed by atoms with Crippen LogP contribution in [0.3, 0.4) is 0 Å². The van der Waals surface area contributed by atoms with Gasteiger partial charge < -0.3 is 9.47 Å². The molecule has 0 fully saturated rings. The minimum Gasteiger partial charge on any atom is -0.485 e. The number of nitrogens with one attached hydrogen (secondary N) is 2. The van der Waals surface area contributed by atoms with Crippen LogP contribution in [0.15, 0.2) is 53.4 Å². The van der Waals surface area contributed by atoms with Gasteiger partial charge in [-0.3, -0.25) is 20.4 Å². The van der Waals surface area contributed by atoms with Gasteiger partial charge >= 0.3 is 0 Å². The molecule has 25 heavy (non-hydrogen) atoms. The number of benzene rings is 2. The molecule has 0 aliphatic carbocycles.